The van der Waals surface area contributed by atoms with E-state index in [1.165, 1.54) is 4.90 Å². The Labute approximate surface area is 146 Å². The van der Waals surface area contributed by atoms with Gasteiger partial charge in [0, 0.05) is 13.1 Å². The summed E-state index contributed by atoms with van der Waals surface area (Å²) in [5, 5.41) is 12.9. The van der Waals surface area contributed by atoms with Gasteiger partial charge in [0.25, 0.3) is 5.91 Å². The Morgan fingerprint density at radius 2 is 2.04 bits per heavy atom. The van der Waals surface area contributed by atoms with Crippen molar-refractivity contribution in [1.82, 2.24) is 20.8 Å². The maximum atomic E-state index is 12.1. The Morgan fingerprint density at radius 1 is 1.32 bits per heavy atom. The highest BCUT2D eigenvalue weighted by Crippen LogP contribution is 2.28. The van der Waals surface area contributed by atoms with E-state index in [1.807, 2.05) is 0 Å². The molecule has 2 atom stereocenters. The summed E-state index contributed by atoms with van der Waals surface area (Å²) in [5.41, 5.74) is 1.77. The van der Waals surface area contributed by atoms with Gasteiger partial charge < -0.3 is 15.0 Å². The number of nitrogens with zero attached hydrogens (tertiary/aromatic N) is 2. The minimum absolute atomic E-state index is 0.205. The highest BCUT2D eigenvalue weighted by Gasteiger charge is 2.46. The lowest BCUT2D eigenvalue weighted by atomic mass is 10.0. The van der Waals surface area contributed by atoms with Crippen molar-refractivity contribution < 1.29 is 29.2 Å². The van der Waals surface area contributed by atoms with Gasteiger partial charge in [-0.25, -0.2) is 20.1 Å². The van der Waals surface area contributed by atoms with Gasteiger partial charge in [-0.15, -0.1) is 0 Å². The molecule has 2 saturated heterocycles. The van der Waals surface area contributed by atoms with Crippen molar-refractivity contribution in [3.05, 3.63) is 0 Å². The third kappa shape index (κ3) is 5.20. The molecule has 2 bridgehead atoms. The van der Waals surface area contributed by atoms with Crippen molar-refractivity contribution in [2.45, 2.75) is 57.7 Å². The quantitative estimate of drug-likeness (QED) is 0.363. The monoisotopic (exact) mass is 358 g/mol. The van der Waals surface area contributed by atoms with Crippen molar-refractivity contribution >= 4 is 18.0 Å². The maximum absolute atomic E-state index is 12.1. The fourth-order valence-electron chi connectivity index (χ4n) is 2.76. The molecule has 2 heterocycles. The van der Waals surface area contributed by atoms with Crippen LogP contribution >= 0.6 is 0 Å². The minimum Gasteiger partial charge on any atom is -0.444 e. The zero-order valence-corrected chi connectivity index (χ0v) is 14.8. The number of ether oxygens (including phenoxy) is 1. The third-order valence-electron chi connectivity index (χ3n) is 3.91. The molecule has 0 aromatic heterocycles. The molecule has 2 aliphatic heterocycles. The van der Waals surface area contributed by atoms with Crippen LogP contribution in [0.15, 0.2) is 0 Å². The highest BCUT2D eigenvalue weighted by molar-refractivity contribution is 5.87. The molecule has 4 amide bonds. The molecule has 10 nitrogen and oxygen atoms in total. The van der Waals surface area contributed by atoms with E-state index in [0.29, 0.717) is 37.4 Å². The molecule has 2 aliphatic rings. The summed E-state index contributed by atoms with van der Waals surface area (Å²) in [6, 6.07) is -1.43. The van der Waals surface area contributed by atoms with Crippen LogP contribution < -0.4 is 10.8 Å². The van der Waals surface area contributed by atoms with Gasteiger partial charge in [-0.3, -0.25) is 14.8 Å². The predicted octanol–water partition coefficient (Wildman–Crippen LogP) is 0.607. The molecular formula is C15H26N4O6. The van der Waals surface area contributed by atoms with Crippen LogP contribution in [0.5, 0.6) is 0 Å². The van der Waals surface area contributed by atoms with E-state index in [-0.39, 0.29) is 12.6 Å². The second kappa shape index (κ2) is 7.87. The average molecular weight is 358 g/mol. The number of fused-ring (bicyclic) bond motifs is 2. The van der Waals surface area contributed by atoms with Gasteiger partial charge in [-0.1, -0.05) is 0 Å². The van der Waals surface area contributed by atoms with Crippen molar-refractivity contribution in [3.8, 4) is 0 Å². The normalized spacial score (nSPS) is 22.8. The molecule has 10 heteroatoms. The summed E-state index contributed by atoms with van der Waals surface area (Å²) < 4.78 is 5.09. The first kappa shape index (κ1) is 19.3. The molecule has 0 aromatic carbocycles. The smallest absolute Gasteiger partial charge is 0.407 e. The highest BCUT2D eigenvalue weighted by atomic mass is 16.7. The van der Waals surface area contributed by atoms with Crippen LogP contribution in [0, 0.1) is 0 Å². The fraction of sp³-hybridized carbons (Fsp3) is 0.800. The third-order valence-corrected chi connectivity index (χ3v) is 3.91. The lowest BCUT2D eigenvalue weighted by molar-refractivity contribution is -0.138. The first-order valence-corrected chi connectivity index (χ1v) is 8.36. The number of hydrogen-bond donors (Lipinski definition) is 3. The largest absolute Gasteiger partial charge is 0.444 e. The minimum atomic E-state index is -0.638. The van der Waals surface area contributed by atoms with Gasteiger partial charge in [0.15, 0.2) is 0 Å². The Kier molecular flexibility index (Phi) is 6.07. The van der Waals surface area contributed by atoms with Crippen molar-refractivity contribution in [3.63, 3.8) is 0 Å². The van der Waals surface area contributed by atoms with Gasteiger partial charge in [0.05, 0.1) is 12.6 Å². The van der Waals surface area contributed by atoms with Crippen LogP contribution in [0.3, 0.4) is 0 Å². The molecular weight excluding hydrogens is 332 g/mol. The van der Waals surface area contributed by atoms with Crippen molar-refractivity contribution in [2.75, 3.05) is 19.7 Å². The van der Waals surface area contributed by atoms with E-state index in [9.17, 15) is 19.6 Å². The van der Waals surface area contributed by atoms with Crippen LogP contribution in [-0.4, -0.2) is 70.6 Å². The molecule has 2 rings (SSSR count). The molecule has 0 aromatic rings. The predicted molar refractivity (Wildman–Crippen MR) is 85.5 cm³/mol. The lowest BCUT2D eigenvalue weighted by Crippen LogP contribution is -2.49. The topological polar surface area (TPSA) is 120 Å². The fourth-order valence-corrected chi connectivity index (χ4v) is 2.76. The maximum Gasteiger partial charge on any atom is 0.407 e. The molecule has 0 saturated carbocycles. The van der Waals surface area contributed by atoms with Gasteiger partial charge >= 0.3 is 12.1 Å². The van der Waals surface area contributed by atoms with Gasteiger partial charge in [-0.05, 0) is 40.0 Å². The van der Waals surface area contributed by atoms with Crippen LogP contribution in [-0.2, 0) is 14.4 Å². The first-order valence-electron chi connectivity index (χ1n) is 8.36. The number of amides is 4. The number of rotatable bonds is 6. The summed E-state index contributed by atoms with van der Waals surface area (Å²) in [6.45, 7) is 6.23. The van der Waals surface area contributed by atoms with Crippen LogP contribution in [0.2, 0.25) is 0 Å². The average Bonchev–Trinajstić information content (AvgIpc) is 2.73. The number of carbonyl (C=O) groups is 3. The summed E-state index contributed by atoms with van der Waals surface area (Å²) in [6.07, 6.45) is 1.02. The lowest BCUT2D eigenvalue weighted by Gasteiger charge is -2.28. The second-order valence-corrected chi connectivity index (χ2v) is 7.12. The molecule has 2 fully saturated rings. The summed E-state index contributed by atoms with van der Waals surface area (Å²) >= 11 is 0. The number of alkyl carbamates (subject to hydrolysis) is 1. The number of piperidine rings is 1. The zero-order valence-electron chi connectivity index (χ0n) is 14.8. The van der Waals surface area contributed by atoms with Crippen LogP contribution in [0.25, 0.3) is 0 Å². The summed E-state index contributed by atoms with van der Waals surface area (Å²) in [4.78, 5) is 41.8. The van der Waals surface area contributed by atoms with Gasteiger partial charge in [-0.2, -0.15) is 0 Å². The molecule has 0 radical (unpaired) electrons. The SMILES string of the molecule is CC(C)(C)OC(=O)NCCCONC(=O)C1CC[C@@H]2CN1C(=O)N2O. The van der Waals surface area contributed by atoms with Crippen molar-refractivity contribution in [1.29, 1.82) is 0 Å². The van der Waals surface area contributed by atoms with E-state index < -0.39 is 29.7 Å². The Bertz CT molecular complexity index is 521. The van der Waals surface area contributed by atoms with E-state index in [4.69, 9.17) is 9.57 Å². The number of urea groups is 1. The first-order chi connectivity index (χ1) is 11.7. The standard InChI is InChI=1S/C15H26N4O6/c1-15(2,3)25-13(21)16-7-4-8-24-17-12(20)11-6-5-10-9-18(11)14(22)19(10)23/h10-11,23H,4-9H2,1-3H3,(H,16,21)(H,17,20)/t10-,11?/m1/s1. The number of hydrogen-bond acceptors (Lipinski definition) is 6. The summed E-state index contributed by atoms with van der Waals surface area (Å²) in [7, 11) is 0. The molecule has 0 spiro atoms. The Hall–Kier alpha value is -2.07. The molecule has 0 aliphatic carbocycles. The van der Waals surface area contributed by atoms with E-state index in [1.54, 1.807) is 20.8 Å². The molecule has 142 valence electrons. The Balaban J connectivity index is 1.60. The molecule has 1 unspecified atom stereocenters. The zero-order chi connectivity index (χ0) is 18.6. The van der Waals surface area contributed by atoms with E-state index in [0.717, 1.165) is 0 Å². The van der Waals surface area contributed by atoms with Crippen LogP contribution in [0.4, 0.5) is 9.59 Å². The number of carbonyl (C=O) groups excluding carboxylic acids is 3. The molecule has 25 heavy (non-hydrogen) atoms. The second-order valence-electron chi connectivity index (χ2n) is 7.12. The molecule has 3 N–H and O–H groups in total. The Morgan fingerprint density at radius 3 is 2.72 bits per heavy atom. The van der Waals surface area contributed by atoms with E-state index in [2.05, 4.69) is 10.8 Å². The van der Waals surface area contributed by atoms with Gasteiger partial charge in [0.1, 0.15) is 11.6 Å². The van der Waals surface area contributed by atoms with Crippen molar-refractivity contribution in [2.24, 2.45) is 0 Å². The van der Waals surface area contributed by atoms with E-state index >= 15 is 0 Å². The van der Waals surface area contributed by atoms with Crippen LogP contribution in [0.1, 0.15) is 40.0 Å². The summed E-state index contributed by atoms with van der Waals surface area (Å²) in [5.74, 6) is -0.415. The number of hydroxylamine groups is 3. The number of nitrogens with one attached hydrogen (secondary N) is 2. The van der Waals surface area contributed by atoms with Gasteiger partial charge in [0.2, 0.25) is 0 Å².